The van der Waals surface area contributed by atoms with Crippen molar-refractivity contribution in [3.8, 4) is 0 Å². The number of alkyl halides is 3. The van der Waals surface area contributed by atoms with Gasteiger partial charge in [-0.2, -0.15) is 13.2 Å². The molecule has 1 rings (SSSR count). The van der Waals surface area contributed by atoms with E-state index in [-0.39, 0.29) is 12.0 Å². The SMILES string of the molecule is CCCNc1cc(NCCC(F)(F)F)nc(C(C)(C)C)n1. The summed E-state index contributed by atoms with van der Waals surface area (Å²) in [6.45, 7) is 8.48. The molecule has 0 bridgehead atoms. The molecule has 0 saturated heterocycles. The second-order valence-electron chi connectivity index (χ2n) is 5.93. The highest BCUT2D eigenvalue weighted by molar-refractivity contribution is 5.48. The number of halogens is 3. The lowest BCUT2D eigenvalue weighted by atomic mass is 9.96. The minimum absolute atomic E-state index is 0.197. The van der Waals surface area contributed by atoms with Crippen molar-refractivity contribution in [3.63, 3.8) is 0 Å². The van der Waals surface area contributed by atoms with Crippen molar-refractivity contribution < 1.29 is 13.2 Å². The van der Waals surface area contributed by atoms with E-state index in [4.69, 9.17) is 0 Å². The van der Waals surface area contributed by atoms with Crippen molar-refractivity contribution in [2.75, 3.05) is 23.7 Å². The van der Waals surface area contributed by atoms with Gasteiger partial charge in [0.05, 0.1) is 6.42 Å². The average Bonchev–Trinajstić information content (AvgIpc) is 2.33. The summed E-state index contributed by atoms with van der Waals surface area (Å²) in [5.41, 5.74) is -0.273. The smallest absolute Gasteiger partial charge is 0.370 e. The van der Waals surface area contributed by atoms with Crippen LogP contribution in [0.25, 0.3) is 0 Å². The maximum atomic E-state index is 12.2. The molecule has 0 aromatic carbocycles. The van der Waals surface area contributed by atoms with Crippen LogP contribution in [0, 0.1) is 0 Å². The van der Waals surface area contributed by atoms with Crippen LogP contribution >= 0.6 is 0 Å². The van der Waals surface area contributed by atoms with Crippen LogP contribution < -0.4 is 10.6 Å². The summed E-state index contributed by atoms with van der Waals surface area (Å²) in [5.74, 6) is 1.64. The molecule has 0 aliphatic rings. The number of nitrogens with zero attached hydrogens (tertiary/aromatic N) is 2. The highest BCUT2D eigenvalue weighted by Crippen LogP contribution is 2.23. The summed E-state index contributed by atoms with van der Waals surface area (Å²) in [6, 6.07) is 1.64. The minimum atomic E-state index is -4.17. The number of hydrogen-bond donors (Lipinski definition) is 2. The fraction of sp³-hybridized carbons (Fsp3) is 0.714. The average molecular weight is 304 g/mol. The molecule has 4 nitrogen and oxygen atoms in total. The Balaban J connectivity index is 2.86. The van der Waals surface area contributed by atoms with E-state index in [0.717, 1.165) is 13.0 Å². The van der Waals surface area contributed by atoms with Gasteiger partial charge in [-0.05, 0) is 6.42 Å². The number of aromatic nitrogens is 2. The minimum Gasteiger partial charge on any atom is -0.370 e. The van der Waals surface area contributed by atoms with Gasteiger partial charge in [0.2, 0.25) is 0 Å². The second kappa shape index (κ2) is 6.95. The van der Waals surface area contributed by atoms with E-state index in [0.29, 0.717) is 17.5 Å². The van der Waals surface area contributed by atoms with Crippen LogP contribution in [0.4, 0.5) is 24.8 Å². The van der Waals surface area contributed by atoms with Crippen LogP contribution in [0.3, 0.4) is 0 Å². The molecule has 120 valence electrons. The van der Waals surface area contributed by atoms with Gasteiger partial charge in [0.1, 0.15) is 17.5 Å². The first-order chi connectivity index (χ1) is 9.62. The quantitative estimate of drug-likeness (QED) is 0.835. The van der Waals surface area contributed by atoms with Gasteiger partial charge in [-0.3, -0.25) is 0 Å². The Morgan fingerprint density at radius 2 is 1.52 bits per heavy atom. The molecule has 0 unspecified atom stereocenters. The summed E-state index contributed by atoms with van der Waals surface area (Å²) < 4.78 is 36.6. The first-order valence-corrected chi connectivity index (χ1v) is 7.06. The highest BCUT2D eigenvalue weighted by atomic mass is 19.4. The van der Waals surface area contributed by atoms with Crippen molar-refractivity contribution in [1.82, 2.24) is 9.97 Å². The third kappa shape index (κ3) is 6.64. The van der Waals surface area contributed by atoms with Crippen molar-refractivity contribution in [2.45, 2.75) is 52.1 Å². The molecule has 0 aliphatic heterocycles. The third-order valence-corrected chi connectivity index (χ3v) is 2.67. The van der Waals surface area contributed by atoms with Crippen LogP contribution in [-0.2, 0) is 5.41 Å². The number of rotatable bonds is 6. The molecular formula is C14H23F3N4. The summed E-state index contributed by atoms with van der Waals surface area (Å²) in [4.78, 5) is 8.72. The number of hydrogen-bond acceptors (Lipinski definition) is 4. The monoisotopic (exact) mass is 304 g/mol. The molecular weight excluding hydrogens is 281 g/mol. The van der Waals surface area contributed by atoms with Gasteiger partial charge in [-0.25, -0.2) is 9.97 Å². The van der Waals surface area contributed by atoms with Crippen LogP contribution in [0.5, 0.6) is 0 Å². The Kier molecular flexibility index (Phi) is 5.80. The maximum absolute atomic E-state index is 12.2. The molecule has 0 spiro atoms. The maximum Gasteiger partial charge on any atom is 0.390 e. The molecule has 0 saturated carbocycles. The van der Waals surface area contributed by atoms with E-state index in [1.807, 2.05) is 27.7 Å². The van der Waals surface area contributed by atoms with Crippen molar-refractivity contribution in [2.24, 2.45) is 0 Å². The highest BCUT2D eigenvalue weighted by Gasteiger charge is 2.26. The van der Waals surface area contributed by atoms with Crippen LogP contribution in [0.2, 0.25) is 0 Å². The second-order valence-corrected chi connectivity index (χ2v) is 5.93. The molecule has 0 atom stereocenters. The Bertz CT molecular complexity index is 453. The molecule has 7 heteroatoms. The van der Waals surface area contributed by atoms with Gasteiger partial charge in [0.25, 0.3) is 0 Å². The Labute approximate surface area is 123 Å². The van der Waals surface area contributed by atoms with Gasteiger partial charge < -0.3 is 10.6 Å². The predicted octanol–water partition coefficient (Wildman–Crippen LogP) is 3.96. The lowest BCUT2D eigenvalue weighted by Gasteiger charge is -2.19. The topological polar surface area (TPSA) is 49.8 Å². The Hall–Kier alpha value is -1.53. The lowest BCUT2D eigenvalue weighted by Crippen LogP contribution is -2.20. The fourth-order valence-corrected chi connectivity index (χ4v) is 1.55. The van der Waals surface area contributed by atoms with Gasteiger partial charge in [-0.15, -0.1) is 0 Å². The van der Waals surface area contributed by atoms with Crippen molar-refractivity contribution >= 4 is 11.6 Å². The van der Waals surface area contributed by atoms with Crippen LogP contribution in [-0.4, -0.2) is 29.2 Å². The predicted molar refractivity (Wildman–Crippen MR) is 78.7 cm³/mol. The van der Waals surface area contributed by atoms with Crippen LogP contribution in [0.15, 0.2) is 6.07 Å². The molecule has 2 N–H and O–H groups in total. The van der Waals surface area contributed by atoms with E-state index >= 15 is 0 Å². The number of anilines is 2. The van der Waals surface area contributed by atoms with Gasteiger partial charge in [0.15, 0.2) is 0 Å². The van der Waals surface area contributed by atoms with Gasteiger partial charge in [-0.1, -0.05) is 27.7 Å². The zero-order valence-electron chi connectivity index (χ0n) is 12.9. The fourth-order valence-electron chi connectivity index (χ4n) is 1.55. The summed E-state index contributed by atoms with van der Waals surface area (Å²) in [7, 11) is 0. The van der Waals surface area contributed by atoms with Gasteiger partial charge >= 0.3 is 6.18 Å². The molecule has 0 fully saturated rings. The van der Waals surface area contributed by atoms with Crippen LogP contribution in [0.1, 0.15) is 46.4 Å². The van der Waals surface area contributed by atoms with E-state index in [1.165, 1.54) is 0 Å². The molecule has 1 aromatic heterocycles. The Morgan fingerprint density at radius 1 is 1.00 bits per heavy atom. The summed E-state index contributed by atoms with van der Waals surface area (Å²) >= 11 is 0. The molecule has 21 heavy (non-hydrogen) atoms. The standard InChI is InChI=1S/C14H23F3N4/c1-5-7-18-10-9-11(19-8-6-14(15,16)17)21-12(20-10)13(2,3)4/h9H,5-8H2,1-4H3,(H2,18,19,20,21). The van der Waals surface area contributed by atoms with Crippen molar-refractivity contribution in [3.05, 3.63) is 11.9 Å². The summed E-state index contributed by atoms with van der Waals surface area (Å²) in [5, 5.41) is 5.86. The first kappa shape index (κ1) is 17.5. The van der Waals surface area contributed by atoms with Crippen molar-refractivity contribution in [1.29, 1.82) is 0 Å². The first-order valence-electron chi connectivity index (χ1n) is 7.06. The van der Waals surface area contributed by atoms with E-state index in [9.17, 15) is 13.2 Å². The number of nitrogens with one attached hydrogen (secondary N) is 2. The third-order valence-electron chi connectivity index (χ3n) is 2.67. The lowest BCUT2D eigenvalue weighted by molar-refractivity contribution is -0.131. The molecule has 1 aromatic rings. The molecule has 1 heterocycles. The normalized spacial score (nSPS) is 12.3. The van der Waals surface area contributed by atoms with Gasteiger partial charge in [0, 0.05) is 24.6 Å². The Morgan fingerprint density at radius 3 is 1.95 bits per heavy atom. The van der Waals surface area contributed by atoms with E-state index in [2.05, 4.69) is 20.6 Å². The summed E-state index contributed by atoms with van der Waals surface area (Å²) in [6.07, 6.45) is -4.12. The molecule has 0 radical (unpaired) electrons. The van der Waals surface area contributed by atoms with E-state index < -0.39 is 12.6 Å². The van der Waals surface area contributed by atoms with E-state index in [1.54, 1.807) is 6.07 Å². The zero-order valence-corrected chi connectivity index (χ0v) is 12.9. The molecule has 0 amide bonds. The zero-order chi connectivity index (χ0) is 16.1. The molecule has 0 aliphatic carbocycles. The largest absolute Gasteiger partial charge is 0.390 e.